The van der Waals surface area contributed by atoms with E-state index in [9.17, 15) is 9.90 Å². The van der Waals surface area contributed by atoms with Crippen molar-refractivity contribution >= 4 is 11.7 Å². The van der Waals surface area contributed by atoms with E-state index in [0.717, 1.165) is 17.9 Å². The number of ether oxygens (including phenoxy) is 3. The van der Waals surface area contributed by atoms with Gasteiger partial charge in [0.1, 0.15) is 5.75 Å². The number of rotatable bonds is 3. The molecule has 3 fully saturated rings. The van der Waals surface area contributed by atoms with Gasteiger partial charge in [-0.15, -0.1) is 0 Å². The molecule has 0 aromatic heterocycles. The number of hydrogen-bond donors (Lipinski definition) is 2. The van der Waals surface area contributed by atoms with Crippen LogP contribution in [-0.4, -0.2) is 67.3 Å². The van der Waals surface area contributed by atoms with Gasteiger partial charge < -0.3 is 29.5 Å². The zero-order valence-corrected chi connectivity index (χ0v) is 15.7. The van der Waals surface area contributed by atoms with Gasteiger partial charge in [0.15, 0.2) is 0 Å². The summed E-state index contributed by atoms with van der Waals surface area (Å²) in [5.74, 6) is 0.627. The first-order valence-corrected chi connectivity index (χ1v) is 9.80. The van der Waals surface area contributed by atoms with Crippen LogP contribution in [0, 0.1) is 11.8 Å². The topological polar surface area (TPSA) is 80.3 Å². The molecule has 0 aliphatic carbocycles. The molecule has 0 bridgehead atoms. The van der Waals surface area contributed by atoms with Gasteiger partial charge in [0, 0.05) is 49.7 Å². The second kappa shape index (κ2) is 7.66. The number of nitrogens with zero attached hydrogens (tertiary/aromatic N) is 1. The third-order valence-corrected chi connectivity index (χ3v) is 6.13. The Hall–Kier alpha value is -1.83. The molecule has 2 amide bonds. The highest BCUT2D eigenvalue weighted by atomic mass is 16.5. The molecule has 148 valence electrons. The smallest absolute Gasteiger partial charge is 0.322 e. The molecule has 7 heteroatoms. The van der Waals surface area contributed by atoms with Crippen molar-refractivity contribution in [3.05, 3.63) is 24.3 Å². The summed E-state index contributed by atoms with van der Waals surface area (Å²) < 4.78 is 16.7. The fourth-order valence-corrected chi connectivity index (χ4v) is 4.69. The minimum atomic E-state index is -0.806. The van der Waals surface area contributed by atoms with Crippen LogP contribution >= 0.6 is 0 Å². The Morgan fingerprint density at radius 1 is 1.30 bits per heavy atom. The molecule has 27 heavy (non-hydrogen) atoms. The standard InChI is InChI=1S/C20H28N2O5/c1-2-27-16-5-3-15(4-6-16)21-19(23)22-11-14-12-26-10-8-20(14,24)17-13-25-9-7-18(17)22/h3-6,14,17-18,24H,2,7-13H2,1H3,(H,21,23)/t14-,17+,18-,20-/m1/s1. The molecule has 4 rings (SSSR count). The minimum Gasteiger partial charge on any atom is -0.494 e. The van der Waals surface area contributed by atoms with E-state index in [1.54, 1.807) is 0 Å². The fraction of sp³-hybridized carbons (Fsp3) is 0.650. The molecule has 3 heterocycles. The Morgan fingerprint density at radius 3 is 2.85 bits per heavy atom. The normalized spacial score (nSPS) is 33.0. The largest absolute Gasteiger partial charge is 0.494 e. The van der Waals surface area contributed by atoms with E-state index >= 15 is 0 Å². The van der Waals surface area contributed by atoms with Gasteiger partial charge in [-0.3, -0.25) is 0 Å². The van der Waals surface area contributed by atoms with Gasteiger partial charge in [-0.05, 0) is 37.6 Å². The Labute approximate surface area is 159 Å². The van der Waals surface area contributed by atoms with Crippen LogP contribution in [0.25, 0.3) is 0 Å². The maximum absolute atomic E-state index is 13.0. The summed E-state index contributed by atoms with van der Waals surface area (Å²) in [6.45, 7) is 5.20. The van der Waals surface area contributed by atoms with Crippen molar-refractivity contribution in [1.82, 2.24) is 4.90 Å². The predicted octanol–water partition coefficient (Wildman–Crippen LogP) is 2.11. The average Bonchev–Trinajstić information content (AvgIpc) is 2.69. The second-order valence-electron chi connectivity index (χ2n) is 7.59. The molecule has 3 aliphatic rings. The number of carbonyl (C=O) groups is 1. The minimum absolute atomic E-state index is 0.0132. The zero-order chi connectivity index (χ0) is 18.9. The van der Waals surface area contributed by atoms with E-state index in [1.165, 1.54) is 0 Å². The van der Waals surface area contributed by atoms with E-state index in [0.29, 0.717) is 46.0 Å². The van der Waals surface area contributed by atoms with E-state index < -0.39 is 5.60 Å². The van der Waals surface area contributed by atoms with Crippen molar-refractivity contribution in [3.63, 3.8) is 0 Å². The number of aliphatic hydroxyl groups is 1. The first kappa shape index (κ1) is 18.5. The number of likely N-dealkylation sites (tertiary alicyclic amines) is 1. The highest BCUT2D eigenvalue weighted by Crippen LogP contribution is 2.44. The van der Waals surface area contributed by atoms with Crippen molar-refractivity contribution in [2.75, 3.05) is 44.9 Å². The van der Waals surface area contributed by atoms with Gasteiger partial charge in [0.05, 0.1) is 25.4 Å². The molecular formula is C20H28N2O5. The van der Waals surface area contributed by atoms with Crippen molar-refractivity contribution < 1.29 is 24.1 Å². The number of nitrogens with one attached hydrogen (secondary N) is 1. The molecule has 2 N–H and O–H groups in total. The third kappa shape index (κ3) is 3.51. The van der Waals surface area contributed by atoms with Gasteiger partial charge in [-0.2, -0.15) is 0 Å². The van der Waals surface area contributed by atoms with E-state index in [2.05, 4.69) is 5.32 Å². The molecule has 1 aromatic carbocycles. The van der Waals surface area contributed by atoms with Crippen LogP contribution in [0.15, 0.2) is 24.3 Å². The predicted molar refractivity (Wildman–Crippen MR) is 99.9 cm³/mol. The fourth-order valence-electron chi connectivity index (χ4n) is 4.69. The lowest BCUT2D eigenvalue weighted by Crippen LogP contribution is -2.69. The van der Waals surface area contributed by atoms with Crippen LogP contribution in [0.4, 0.5) is 10.5 Å². The van der Waals surface area contributed by atoms with Crippen molar-refractivity contribution in [1.29, 1.82) is 0 Å². The number of urea groups is 1. The summed E-state index contributed by atoms with van der Waals surface area (Å²) >= 11 is 0. The number of carbonyl (C=O) groups excluding carboxylic acids is 1. The second-order valence-corrected chi connectivity index (χ2v) is 7.59. The highest BCUT2D eigenvalue weighted by molar-refractivity contribution is 5.89. The zero-order valence-electron chi connectivity index (χ0n) is 15.7. The lowest BCUT2D eigenvalue weighted by Gasteiger charge is -2.56. The van der Waals surface area contributed by atoms with Crippen LogP contribution < -0.4 is 10.1 Å². The van der Waals surface area contributed by atoms with Gasteiger partial charge >= 0.3 is 6.03 Å². The molecule has 0 unspecified atom stereocenters. The van der Waals surface area contributed by atoms with E-state index in [4.69, 9.17) is 14.2 Å². The number of fused-ring (bicyclic) bond motifs is 3. The number of hydrogen-bond acceptors (Lipinski definition) is 5. The van der Waals surface area contributed by atoms with Gasteiger partial charge in [0.25, 0.3) is 0 Å². The molecule has 0 saturated carbocycles. The highest BCUT2D eigenvalue weighted by Gasteiger charge is 2.56. The molecule has 7 nitrogen and oxygen atoms in total. The van der Waals surface area contributed by atoms with Crippen LogP contribution in [0.3, 0.4) is 0 Å². The SMILES string of the molecule is CCOc1ccc(NC(=O)N2C[C@@H]3COCC[C@]3(O)[C@H]3COCC[C@H]32)cc1. The Kier molecular flexibility index (Phi) is 5.25. The first-order valence-electron chi connectivity index (χ1n) is 9.80. The first-order chi connectivity index (χ1) is 13.1. The van der Waals surface area contributed by atoms with Crippen LogP contribution in [0.1, 0.15) is 19.8 Å². The molecule has 1 aromatic rings. The molecule has 4 atom stereocenters. The quantitative estimate of drug-likeness (QED) is 0.845. The number of piperidine rings is 1. The summed E-state index contributed by atoms with van der Waals surface area (Å²) in [5, 5.41) is 14.3. The Balaban J connectivity index is 1.50. The summed E-state index contributed by atoms with van der Waals surface area (Å²) in [4.78, 5) is 14.9. The summed E-state index contributed by atoms with van der Waals surface area (Å²) in [7, 11) is 0. The average molecular weight is 376 g/mol. The Bertz CT molecular complexity index is 667. The van der Waals surface area contributed by atoms with Gasteiger partial charge in [-0.25, -0.2) is 4.79 Å². The van der Waals surface area contributed by atoms with Gasteiger partial charge in [-0.1, -0.05) is 0 Å². The lowest BCUT2D eigenvalue weighted by molar-refractivity contribution is -0.211. The van der Waals surface area contributed by atoms with Gasteiger partial charge in [0.2, 0.25) is 0 Å². The monoisotopic (exact) mass is 376 g/mol. The van der Waals surface area contributed by atoms with E-state index in [1.807, 2.05) is 36.1 Å². The number of amides is 2. The maximum Gasteiger partial charge on any atom is 0.322 e. The molecular weight excluding hydrogens is 348 g/mol. The molecule has 0 spiro atoms. The van der Waals surface area contributed by atoms with E-state index in [-0.39, 0.29) is 23.9 Å². The summed E-state index contributed by atoms with van der Waals surface area (Å²) in [6.07, 6.45) is 1.35. The lowest BCUT2D eigenvalue weighted by atomic mass is 9.66. The molecule has 3 saturated heterocycles. The maximum atomic E-state index is 13.0. The summed E-state index contributed by atoms with van der Waals surface area (Å²) in [5.41, 5.74) is -0.0769. The van der Waals surface area contributed by atoms with Crippen molar-refractivity contribution in [2.45, 2.75) is 31.4 Å². The molecule has 3 aliphatic heterocycles. The summed E-state index contributed by atoms with van der Waals surface area (Å²) in [6, 6.07) is 7.23. The Morgan fingerprint density at radius 2 is 2.07 bits per heavy atom. The van der Waals surface area contributed by atoms with Crippen LogP contribution in [0.5, 0.6) is 5.75 Å². The van der Waals surface area contributed by atoms with Crippen LogP contribution in [-0.2, 0) is 9.47 Å². The third-order valence-electron chi connectivity index (χ3n) is 6.13. The molecule has 0 radical (unpaired) electrons. The van der Waals surface area contributed by atoms with Crippen molar-refractivity contribution in [2.24, 2.45) is 11.8 Å². The van der Waals surface area contributed by atoms with Crippen molar-refractivity contribution in [3.8, 4) is 5.75 Å². The number of anilines is 1. The number of benzene rings is 1. The van der Waals surface area contributed by atoms with Crippen LogP contribution in [0.2, 0.25) is 0 Å².